The van der Waals surface area contributed by atoms with E-state index < -0.39 is 28.9 Å². The summed E-state index contributed by atoms with van der Waals surface area (Å²) in [5.74, 6) is -1.80. The van der Waals surface area contributed by atoms with Crippen molar-refractivity contribution in [3.63, 3.8) is 0 Å². The van der Waals surface area contributed by atoms with Crippen molar-refractivity contribution in [3.8, 4) is 5.75 Å². The van der Waals surface area contributed by atoms with Crippen molar-refractivity contribution in [1.29, 1.82) is 0 Å². The van der Waals surface area contributed by atoms with Crippen LogP contribution >= 0.6 is 0 Å². The third kappa shape index (κ3) is 3.08. The van der Waals surface area contributed by atoms with E-state index in [0.717, 1.165) is 16.5 Å². The third-order valence-corrected chi connectivity index (χ3v) is 4.08. The second-order valence-electron chi connectivity index (χ2n) is 5.64. The van der Waals surface area contributed by atoms with E-state index in [-0.39, 0.29) is 0 Å². The van der Waals surface area contributed by atoms with E-state index in [1.165, 1.54) is 0 Å². The van der Waals surface area contributed by atoms with Gasteiger partial charge in [0, 0.05) is 0 Å². The number of hydrogen-bond acceptors (Lipinski definition) is 4. The molecule has 0 saturated heterocycles. The zero-order chi connectivity index (χ0) is 18.1. The first kappa shape index (κ1) is 16.6. The summed E-state index contributed by atoms with van der Waals surface area (Å²) in [6, 6.07) is 11.0. The minimum absolute atomic E-state index is 0.583. The maximum atomic E-state index is 13.4. The van der Waals surface area contributed by atoms with Crippen LogP contribution in [0, 0.1) is 5.82 Å². The van der Waals surface area contributed by atoms with Gasteiger partial charge in [0.2, 0.25) is 11.7 Å². The molecule has 7 heteroatoms. The van der Waals surface area contributed by atoms with Gasteiger partial charge in [0.15, 0.2) is 0 Å². The quantitative estimate of drug-likeness (QED) is 0.792. The van der Waals surface area contributed by atoms with Crippen LogP contribution in [0.15, 0.2) is 52.2 Å². The van der Waals surface area contributed by atoms with Gasteiger partial charge in [0.1, 0.15) is 5.75 Å². The number of halogens is 1. The molecular weight excluding hydrogens is 327 g/mol. The molecule has 0 saturated carbocycles. The van der Waals surface area contributed by atoms with Crippen LogP contribution in [0.4, 0.5) is 4.39 Å². The zero-order valence-corrected chi connectivity index (χ0v) is 13.6. The summed E-state index contributed by atoms with van der Waals surface area (Å²) in [6.07, 6.45) is 0.617. The van der Waals surface area contributed by atoms with E-state index >= 15 is 0 Å². The molecule has 0 aliphatic rings. The molecule has 25 heavy (non-hydrogen) atoms. The fourth-order valence-corrected chi connectivity index (χ4v) is 2.60. The number of nitrogens with one attached hydrogen (secondary N) is 1. The highest BCUT2D eigenvalue weighted by Gasteiger charge is 2.20. The fraction of sp³-hybridized carbons (Fsp3) is 0.167. The molecule has 128 valence electrons. The smallest absolute Gasteiger partial charge is 0.335 e. The number of fused-ring (bicyclic) bond motifs is 1. The van der Waals surface area contributed by atoms with Crippen LogP contribution in [-0.4, -0.2) is 22.6 Å². The molecule has 1 aromatic heterocycles. The lowest BCUT2D eigenvalue weighted by Crippen LogP contribution is -2.36. The second-order valence-corrected chi connectivity index (χ2v) is 5.64. The summed E-state index contributed by atoms with van der Waals surface area (Å²) < 4.78 is 19.2. The molecule has 1 unspecified atom stereocenters. The lowest BCUT2D eigenvalue weighted by molar-refractivity contribution is 0.0876. The number of hydrogen-bond donors (Lipinski definition) is 1. The predicted molar refractivity (Wildman–Crippen MR) is 90.8 cm³/mol. The molecule has 0 spiro atoms. The summed E-state index contributed by atoms with van der Waals surface area (Å²) in [6.45, 7) is 1.61. The maximum absolute atomic E-state index is 13.4. The number of H-pyrrole nitrogens is 1. The van der Waals surface area contributed by atoms with E-state index in [1.807, 2.05) is 24.3 Å². The Labute approximate surface area is 141 Å². The Balaban J connectivity index is 2.00. The number of rotatable bonds is 3. The summed E-state index contributed by atoms with van der Waals surface area (Å²) in [4.78, 5) is 37.1. The average Bonchev–Trinajstić information content (AvgIpc) is 2.62. The molecule has 2 aromatic carbocycles. The first-order valence-electron chi connectivity index (χ1n) is 7.54. The van der Waals surface area contributed by atoms with Gasteiger partial charge in [0.25, 0.3) is 5.56 Å². The molecular formula is C18H15FN2O4. The molecule has 1 N–H and O–H groups in total. The monoisotopic (exact) mass is 342 g/mol. The Morgan fingerprint density at radius 2 is 1.84 bits per heavy atom. The van der Waals surface area contributed by atoms with E-state index in [4.69, 9.17) is 4.74 Å². The van der Waals surface area contributed by atoms with Crippen molar-refractivity contribution in [3.05, 3.63) is 74.8 Å². The first-order valence-corrected chi connectivity index (χ1v) is 7.54. The van der Waals surface area contributed by atoms with Gasteiger partial charge in [-0.05, 0) is 35.4 Å². The van der Waals surface area contributed by atoms with Crippen LogP contribution in [0.5, 0.6) is 5.75 Å². The molecule has 1 atom stereocenters. The molecule has 3 aromatic rings. The summed E-state index contributed by atoms with van der Waals surface area (Å²) in [5, 5.41) is 1.84. The third-order valence-electron chi connectivity index (χ3n) is 4.08. The van der Waals surface area contributed by atoms with Crippen molar-refractivity contribution < 1.29 is 13.9 Å². The van der Waals surface area contributed by atoms with Crippen molar-refractivity contribution in [2.45, 2.75) is 12.8 Å². The number of methoxy groups -OCH3 is 1. The average molecular weight is 342 g/mol. The molecule has 1 heterocycles. The van der Waals surface area contributed by atoms with Crippen LogP contribution in [0.3, 0.4) is 0 Å². The fourth-order valence-electron chi connectivity index (χ4n) is 2.60. The van der Waals surface area contributed by atoms with Gasteiger partial charge < -0.3 is 4.74 Å². The Kier molecular flexibility index (Phi) is 4.22. The van der Waals surface area contributed by atoms with E-state index in [0.29, 0.717) is 16.3 Å². The Morgan fingerprint density at radius 3 is 2.56 bits per heavy atom. The minimum atomic E-state index is -1.19. The Hall–Kier alpha value is -3.22. The van der Waals surface area contributed by atoms with Crippen molar-refractivity contribution in [2.24, 2.45) is 0 Å². The van der Waals surface area contributed by atoms with E-state index in [2.05, 4.69) is 0 Å². The van der Waals surface area contributed by atoms with Crippen LogP contribution in [-0.2, 0) is 0 Å². The molecule has 0 radical (unpaired) electrons. The number of ether oxygens (including phenoxy) is 1. The number of nitrogens with zero attached hydrogens (tertiary/aromatic N) is 1. The summed E-state index contributed by atoms with van der Waals surface area (Å²) in [7, 11) is 1.58. The van der Waals surface area contributed by atoms with Gasteiger partial charge in [-0.15, -0.1) is 0 Å². The predicted octanol–water partition coefficient (Wildman–Crippen LogP) is 2.28. The Bertz CT molecular complexity index is 1080. The van der Waals surface area contributed by atoms with Crippen LogP contribution in [0.1, 0.15) is 23.2 Å². The van der Waals surface area contributed by atoms with Gasteiger partial charge in [-0.3, -0.25) is 14.6 Å². The summed E-state index contributed by atoms with van der Waals surface area (Å²) >= 11 is 0. The highest BCUT2D eigenvalue weighted by molar-refractivity contribution is 5.89. The molecule has 0 aliphatic carbocycles. The van der Waals surface area contributed by atoms with Crippen LogP contribution < -0.4 is 16.0 Å². The topological polar surface area (TPSA) is 81.2 Å². The highest BCUT2D eigenvalue weighted by Crippen LogP contribution is 2.25. The normalized spacial score (nSPS) is 12.1. The lowest BCUT2D eigenvalue weighted by atomic mass is 9.97. The molecule has 3 rings (SSSR count). The largest absolute Gasteiger partial charge is 0.497 e. The van der Waals surface area contributed by atoms with Gasteiger partial charge in [-0.2, -0.15) is 4.39 Å². The number of aromatic amines is 1. The van der Waals surface area contributed by atoms with Gasteiger partial charge in [-0.25, -0.2) is 9.36 Å². The second kappa shape index (κ2) is 6.35. The lowest BCUT2D eigenvalue weighted by Gasteiger charge is -2.13. The Morgan fingerprint density at radius 1 is 1.16 bits per heavy atom. The van der Waals surface area contributed by atoms with E-state index in [1.54, 1.807) is 31.2 Å². The number of aromatic nitrogens is 2. The molecule has 0 amide bonds. The molecule has 6 nitrogen and oxygen atoms in total. The van der Waals surface area contributed by atoms with E-state index in [9.17, 15) is 18.8 Å². The molecule has 0 fully saturated rings. The number of carbonyl (C=O) groups is 1. The molecule has 0 aliphatic heterocycles. The van der Waals surface area contributed by atoms with Crippen LogP contribution in [0.2, 0.25) is 0 Å². The van der Waals surface area contributed by atoms with Gasteiger partial charge in [-0.1, -0.05) is 24.3 Å². The SMILES string of the molecule is COc1ccc2cc(C(C)C(=O)n3cc(F)c(=O)[nH]c3=O)ccc2c1. The first-order chi connectivity index (χ1) is 11.9. The standard InChI is InChI=1S/C18H15FN2O4/c1-10(17(23)21-9-15(19)16(22)20-18(21)24)11-3-4-13-8-14(25-2)6-5-12(13)7-11/h3-10H,1-2H3,(H,20,22,24). The highest BCUT2D eigenvalue weighted by atomic mass is 19.1. The molecule has 0 bridgehead atoms. The minimum Gasteiger partial charge on any atom is -0.497 e. The van der Waals surface area contributed by atoms with Crippen molar-refractivity contribution in [1.82, 2.24) is 9.55 Å². The van der Waals surface area contributed by atoms with Gasteiger partial charge in [0.05, 0.1) is 19.2 Å². The zero-order valence-electron chi connectivity index (χ0n) is 13.6. The van der Waals surface area contributed by atoms with Crippen molar-refractivity contribution >= 4 is 16.7 Å². The maximum Gasteiger partial charge on any atom is 0.335 e. The van der Waals surface area contributed by atoms with Crippen LogP contribution in [0.25, 0.3) is 10.8 Å². The van der Waals surface area contributed by atoms with Gasteiger partial charge >= 0.3 is 5.69 Å². The summed E-state index contributed by atoms with van der Waals surface area (Å²) in [5.41, 5.74) is -1.45. The number of benzene rings is 2. The van der Waals surface area contributed by atoms with Crippen molar-refractivity contribution in [2.75, 3.05) is 7.11 Å². The number of carbonyl (C=O) groups excluding carboxylic acids is 1.